The van der Waals surface area contributed by atoms with Gasteiger partial charge in [-0.2, -0.15) is 10.5 Å². The van der Waals surface area contributed by atoms with E-state index in [0.29, 0.717) is 0 Å². The van der Waals surface area contributed by atoms with Crippen molar-refractivity contribution in [3.05, 3.63) is 0 Å². The Bertz CT molecular complexity index is 178. The first-order chi connectivity index (χ1) is 4.04. The number of alkyl halides is 2. The van der Waals surface area contributed by atoms with Gasteiger partial charge in [-0.05, 0) is 0 Å². The van der Waals surface area contributed by atoms with E-state index in [1.807, 2.05) is 0 Å². The van der Waals surface area contributed by atoms with E-state index >= 15 is 0 Å². The van der Waals surface area contributed by atoms with E-state index in [0.717, 1.165) is 0 Å². The van der Waals surface area contributed by atoms with Crippen LogP contribution in [-0.4, -0.2) is 15.5 Å². The minimum atomic E-state index is -2.27. The second kappa shape index (κ2) is 2.89. The summed E-state index contributed by atoms with van der Waals surface area (Å²) in [6.07, 6.45) is 0. The number of nitriles is 2. The summed E-state index contributed by atoms with van der Waals surface area (Å²) in [6.45, 7) is 0. The quantitative estimate of drug-likeness (QED) is 0.456. The zero-order valence-electron chi connectivity index (χ0n) is 4.17. The number of rotatable bonds is 1. The topological polar surface area (TPSA) is 67.8 Å². The SMILES string of the molecule is N#CC(Cl)C(O)(Cl)C#N. The van der Waals surface area contributed by atoms with Gasteiger partial charge in [0.2, 0.25) is 0 Å². The maximum Gasteiger partial charge on any atom is 0.256 e. The Morgan fingerprint density at radius 2 is 2.00 bits per heavy atom. The molecule has 0 saturated carbocycles. The number of hydrogen-bond donors (Lipinski definition) is 1. The third-order valence-electron chi connectivity index (χ3n) is 0.606. The fraction of sp³-hybridized carbons (Fsp3) is 0.500. The highest BCUT2D eigenvalue weighted by atomic mass is 35.5. The van der Waals surface area contributed by atoms with E-state index < -0.39 is 10.4 Å². The molecule has 3 nitrogen and oxygen atoms in total. The highest BCUT2D eigenvalue weighted by Crippen LogP contribution is 2.19. The van der Waals surface area contributed by atoms with Crippen LogP contribution in [0.4, 0.5) is 0 Å². The summed E-state index contributed by atoms with van der Waals surface area (Å²) in [4.78, 5) is 0. The maximum absolute atomic E-state index is 8.64. The fourth-order valence-corrected chi connectivity index (χ4v) is 0.240. The zero-order valence-corrected chi connectivity index (χ0v) is 5.69. The monoisotopic (exact) mass is 164 g/mol. The molecule has 0 heterocycles. The van der Waals surface area contributed by atoms with Gasteiger partial charge in [0.25, 0.3) is 5.06 Å². The van der Waals surface area contributed by atoms with Crippen molar-refractivity contribution in [2.24, 2.45) is 0 Å². The molecule has 0 aromatic heterocycles. The molecule has 0 aromatic rings. The molecule has 9 heavy (non-hydrogen) atoms. The molecular weight excluding hydrogens is 163 g/mol. The van der Waals surface area contributed by atoms with Crippen LogP contribution in [0, 0.1) is 22.7 Å². The Labute approximate surface area is 62.0 Å². The van der Waals surface area contributed by atoms with Crippen molar-refractivity contribution >= 4 is 23.2 Å². The second-order valence-corrected chi connectivity index (χ2v) is 2.29. The Morgan fingerprint density at radius 1 is 1.56 bits per heavy atom. The van der Waals surface area contributed by atoms with Gasteiger partial charge in [0.05, 0.1) is 6.07 Å². The predicted molar refractivity (Wildman–Crippen MR) is 31.7 cm³/mol. The minimum Gasteiger partial charge on any atom is -0.361 e. The molecule has 0 radical (unpaired) electrons. The van der Waals surface area contributed by atoms with Crippen molar-refractivity contribution in [1.29, 1.82) is 10.5 Å². The molecule has 0 aromatic carbocycles. The van der Waals surface area contributed by atoms with Crippen LogP contribution in [0.3, 0.4) is 0 Å². The lowest BCUT2D eigenvalue weighted by Crippen LogP contribution is -2.29. The molecule has 48 valence electrons. The fourth-order valence-electron chi connectivity index (χ4n) is 0.142. The number of nitrogens with zero attached hydrogens (tertiary/aromatic N) is 2. The minimum absolute atomic E-state index is 1.26. The van der Waals surface area contributed by atoms with Gasteiger partial charge < -0.3 is 5.11 Å². The average molecular weight is 165 g/mol. The molecule has 5 heteroatoms. The largest absolute Gasteiger partial charge is 0.361 e. The predicted octanol–water partition coefficient (Wildman–Crippen LogP) is 0.568. The highest BCUT2D eigenvalue weighted by molar-refractivity contribution is 6.34. The summed E-state index contributed by atoms with van der Waals surface area (Å²) < 4.78 is 0. The normalized spacial score (nSPS) is 18.8. The smallest absolute Gasteiger partial charge is 0.256 e. The summed E-state index contributed by atoms with van der Waals surface area (Å²) in [5.74, 6) is 0. The Kier molecular flexibility index (Phi) is 2.73. The molecule has 0 aliphatic rings. The van der Waals surface area contributed by atoms with Crippen LogP contribution in [0.25, 0.3) is 0 Å². The Morgan fingerprint density at radius 3 is 2.11 bits per heavy atom. The van der Waals surface area contributed by atoms with Crippen LogP contribution in [-0.2, 0) is 0 Å². The standard InChI is InChI=1S/C4H2Cl2N2O/c5-3(1-7)4(6,9)2-8/h3,9H. The van der Waals surface area contributed by atoms with Crippen LogP contribution in [0.5, 0.6) is 0 Å². The van der Waals surface area contributed by atoms with Gasteiger partial charge >= 0.3 is 0 Å². The van der Waals surface area contributed by atoms with Crippen molar-refractivity contribution in [3.63, 3.8) is 0 Å². The molecule has 0 aliphatic heterocycles. The molecule has 2 atom stereocenters. The van der Waals surface area contributed by atoms with E-state index in [9.17, 15) is 0 Å². The second-order valence-electron chi connectivity index (χ2n) is 1.28. The lowest BCUT2D eigenvalue weighted by atomic mass is 10.3. The van der Waals surface area contributed by atoms with Crippen molar-refractivity contribution < 1.29 is 5.11 Å². The van der Waals surface area contributed by atoms with Gasteiger partial charge in [0.15, 0.2) is 5.38 Å². The van der Waals surface area contributed by atoms with E-state index in [-0.39, 0.29) is 0 Å². The van der Waals surface area contributed by atoms with Crippen LogP contribution >= 0.6 is 23.2 Å². The van der Waals surface area contributed by atoms with Gasteiger partial charge in [-0.3, -0.25) is 0 Å². The van der Waals surface area contributed by atoms with E-state index in [2.05, 4.69) is 0 Å². The van der Waals surface area contributed by atoms with Crippen LogP contribution in [0.15, 0.2) is 0 Å². The van der Waals surface area contributed by atoms with Crippen molar-refractivity contribution in [2.45, 2.75) is 10.4 Å². The molecule has 0 bridgehead atoms. The lowest BCUT2D eigenvalue weighted by molar-refractivity contribution is 0.195. The van der Waals surface area contributed by atoms with Gasteiger partial charge in [0, 0.05) is 0 Å². The van der Waals surface area contributed by atoms with E-state index in [1.54, 1.807) is 0 Å². The van der Waals surface area contributed by atoms with Crippen molar-refractivity contribution in [1.82, 2.24) is 0 Å². The summed E-state index contributed by atoms with van der Waals surface area (Å²) in [6, 6.07) is 2.68. The van der Waals surface area contributed by atoms with Gasteiger partial charge in [-0.15, -0.1) is 11.6 Å². The van der Waals surface area contributed by atoms with Crippen LogP contribution in [0.1, 0.15) is 0 Å². The first kappa shape index (κ1) is 8.52. The highest BCUT2D eigenvalue weighted by Gasteiger charge is 2.33. The first-order valence-corrected chi connectivity index (χ1v) is 2.72. The average Bonchev–Trinajstić information content (AvgIpc) is 1.86. The van der Waals surface area contributed by atoms with E-state index in [4.69, 9.17) is 38.8 Å². The number of halogens is 2. The molecule has 0 saturated heterocycles. The third-order valence-corrected chi connectivity index (χ3v) is 1.43. The Balaban J connectivity index is 4.23. The summed E-state index contributed by atoms with van der Waals surface area (Å²) in [5.41, 5.74) is 0. The molecule has 0 amide bonds. The molecule has 0 fully saturated rings. The first-order valence-electron chi connectivity index (χ1n) is 1.91. The summed E-state index contributed by atoms with van der Waals surface area (Å²) >= 11 is 10.1. The molecule has 1 N–H and O–H groups in total. The number of aliphatic hydroxyl groups is 1. The van der Waals surface area contributed by atoms with Gasteiger partial charge in [-0.25, -0.2) is 0 Å². The van der Waals surface area contributed by atoms with Gasteiger partial charge in [0.1, 0.15) is 6.07 Å². The molecule has 0 spiro atoms. The summed E-state index contributed by atoms with van der Waals surface area (Å²) in [5, 5.41) is 21.0. The van der Waals surface area contributed by atoms with Gasteiger partial charge in [-0.1, -0.05) is 11.6 Å². The number of hydrogen-bond acceptors (Lipinski definition) is 3. The van der Waals surface area contributed by atoms with Crippen LogP contribution < -0.4 is 0 Å². The van der Waals surface area contributed by atoms with E-state index in [1.165, 1.54) is 12.1 Å². The molecule has 0 rings (SSSR count). The summed E-state index contributed by atoms with van der Waals surface area (Å²) in [7, 11) is 0. The zero-order chi connectivity index (χ0) is 7.49. The molecular formula is C4H2Cl2N2O. The van der Waals surface area contributed by atoms with Crippen molar-refractivity contribution in [2.75, 3.05) is 0 Å². The van der Waals surface area contributed by atoms with Crippen molar-refractivity contribution in [3.8, 4) is 12.1 Å². The third kappa shape index (κ3) is 2.07. The molecule has 2 unspecified atom stereocenters. The Hall–Kier alpha value is -0.480. The lowest BCUT2D eigenvalue weighted by Gasteiger charge is -2.09. The molecule has 0 aliphatic carbocycles. The van der Waals surface area contributed by atoms with Crippen LogP contribution in [0.2, 0.25) is 0 Å². The maximum atomic E-state index is 8.64.